The first kappa shape index (κ1) is 64.2. The Morgan fingerprint density at radius 3 is 2.21 bits per heavy atom. The molecule has 0 aromatic heterocycles. The summed E-state index contributed by atoms with van der Waals surface area (Å²) < 4.78 is 53.3. The van der Waals surface area contributed by atoms with Crippen molar-refractivity contribution in [2.45, 2.75) is 236 Å². The van der Waals surface area contributed by atoms with E-state index < -0.39 is 120 Å². The fraction of sp³-hybridized carbons (Fsp3) is 0.862. The molecule has 78 heavy (non-hydrogen) atoms. The summed E-state index contributed by atoms with van der Waals surface area (Å²) in [6, 6.07) is 5.89. The Morgan fingerprint density at radius 1 is 0.923 bits per heavy atom. The number of alkyl halides is 1. The molecule has 19 nitrogen and oxygen atoms in total. The molecule has 0 amide bonds. The molecule has 3 fully saturated rings. The minimum absolute atomic E-state index is 0.0543. The van der Waals surface area contributed by atoms with E-state index in [1.54, 1.807) is 46.7 Å². The highest BCUT2D eigenvalue weighted by Crippen LogP contribution is 2.45. The first-order valence-corrected chi connectivity index (χ1v) is 28.9. The molecule has 23 atom stereocenters. The number of rotatable bonds is 17. The van der Waals surface area contributed by atoms with Gasteiger partial charge in [0.05, 0.1) is 59.8 Å². The number of aliphatic hydroxyl groups excluding tert-OH is 3. The molecule has 5 aliphatic rings. The molecule has 1 aromatic rings. The predicted molar refractivity (Wildman–Crippen MR) is 293 cm³/mol. The number of oxime groups is 1. The number of likely N-dealkylation sites (N-methyl/N-ethyl adjacent to an activating group) is 2. The summed E-state index contributed by atoms with van der Waals surface area (Å²) in [6.07, 6.45) is -5.87. The van der Waals surface area contributed by atoms with Gasteiger partial charge in [0.1, 0.15) is 54.9 Å². The molecular weight excluding hydrogens is 1010 g/mol. The van der Waals surface area contributed by atoms with Gasteiger partial charge in [-0.25, -0.2) is 4.39 Å². The molecule has 5 aliphatic heterocycles. The highest BCUT2D eigenvalue weighted by Gasteiger charge is 2.55. The Balaban J connectivity index is 1.22. The molecule has 446 valence electrons. The van der Waals surface area contributed by atoms with Crippen molar-refractivity contribution in [3.05, 3.63) is 35.4 Å². The topological polar surface area (TPSA) is 230 Å². The Kier molecular flexibility index (Phi) is 22.2. The number of methoxy groups -OCH3 is 2. The van der Waals surface area contributed by atoms with Crippen LogP contribution in [-0.2, 0) is 38.1 Å². The molecule has 4 unspecified atom stereocenters. The van der Waals surface area contributed by atoms with E-state index in [1.165, 1.54) is 14.0 Å². The van der Waals surface area contributed by atoms with E-state index in [0.717, 1.165) is 29.7 Å². The van der Waals surface area contributed by atoms with Crippen LogP contribution in [-0.4, -0.2) is 209 Å². The highest BCUT2D eigenvalue weighted by molar-refractivity contribution is 6.03. The van der Waals surface area contributed by atoms with E-state index in [0.29, 0.717) is 32.5 Å². The molecule has 6 rings (SSSR count). The fourth-order valence-corrected chi connectivity index (χ4v) is 13.7. The van der Waals surface area contributed by atoms with E-state index >= 15 is 4.39 Å². The Bertz CT molecular complexity index is 2130. The fourth-order valence-electron chi connectivity index (χ4n) is 13.7. The van der Waals surface area contributed by atoms with Gasteiger partial charge in [-0.15, -0.1) is 0 Å². The third kappa shape index (κ3) is 13.9. The van der Waals surface area contributed by atoms with Crippen molar-refractivity contribution < 1.29 is 68.0 Å². The summed E-state index contributed by atoms with van der Waals surface area (Å²) in [5.74, 6) is -3.03. The number of aliphatic hydroxyl groups is 5. The largest absolute Gasteiger partial charge is 0.459 e. The lowest BCUT2D eigenvalue weighted by Gasteiger charge is -2.51. The Labute approximate surface area is 464 Å². The number of carbonyl (C=O) groups is 1. The van der Waals surface area contributed by atoms with Gasteiger partial charge >= 0.3 is 5.97 Å². The second kappa shape index (κ2) is 26.9. The van der Waals surface area contributed by atoms with Gasteiger partial charge in [-0.1, -0.05) is 76.2 Å². The summed E-state index contributed by atoms with van der Waals surface area (Å²) in [5, 5.41) is 75.5. The van der Waals surface area contributed by atoms with Gasteiger partial charge < -0.3 is 68.6 Å². The minimum Gasteiger partial charge on any atom is -0.459 e. The number of esters is 1. The molecule has 0 saturated carbocycles. The van der Waals surface area contributed by atoms with Crippen LogP contribution in [0.15, 0.2) is 39.8 Å². The van der Waals surface area contributed by atoms with E-state index in [1.807, 2.05) is 71.0 Å². The predicted octanol–water partition coefficient (Wildman–Crippen LogP) is 6.25. The van der Waals surface area contributed by atoms with Crippen LogP contribution in [0.5, 0.6) is 0 Å². The number of carbonyl (C=O) groups excluding carboxylic acids is 1. The molecule has 3 saturated heterocycles. The minimum atomic E-state index is -1.83. The first-order chi connectivity index (χ1) is 36.7. The van der Waals surface area contributed by atoms with E-state index in [4.69, 9.17) is 33.3 Å². The van der Waals surface area contributed by atoms with Gasteiger partial charge in [0, 0.05) is 57.6 Å². The van der Waals surface area contributed by atoms with Crippen LogP contribution in [0.1, 0.15) is 145 Å². The summed E-state index contributed by atoms with van der Waals surface area (Å²) in [4.78, 5) is 24.4. The zero-order valence-corrected chi connectivity index (χ0v) is 49.7. The van der Waals surface area contributed by atoms with Gasteiger partial charge in [0.15, 0.2) is 6.29 Å². The van der Waals surface area contributed by atoms with Crippen molar-refractivity contribution in [1.82, 2.24) is 14.8 Å². The number of benzene rings is 1. The lowest BCUT2D eigenvalue weighted by molar-refractivity contribution is -0.303. The van der Waals surface area contributed by atoms with Crippen molar-refractivity contribution in [3.63, 3.8) is 0 Å². The van der Waals surface area contributed by atoms with Crippen molar-refractivity contribution in [2.75, 3.05) is 54.6 Å². The van der Waals surface area contributed by atoms with Gasteiger partial charge in [-0.3, -0.25) is 9.80 Å². The zero-order chi connectivity index (χ0) is 57.8. The van der Waals surface area contributed by atoms with E-state index in [2.05, 4.69) is 34.2 Å². The number of hydrogen-bond acceptors (Lipinski definition) is 19. The summed E-state index contributed by atoms with van der Waals surface area (Å²) in [6.45, 7) is 22.7. The molecule has 0 aliphatic carbocycles. The number of ether oxygens (including phenoxy) is 6. The molecule has 0 bridgehead atoms. The molecule has 5 N–H and O–H groups in total. The van der Waals surface area contributed by atoms with Crippen LogP contribution in [0.2, 0.25) is 0 Å². The number of hydrogen-bond donors (Lipinski definition) is 5. The Hall–Kier alpha value is -2.99. The third-order valence-electron chi connectivity index (χ3n) is 18.6. The molecule has 0 radical (unpaired) electrons. The van der Waals surface area contributed by atoms with Crippen molar-refractivity contribution in [1.29, 1.82) is 0 Å². The lowest BCUT2D eigenvalue weighted by atomic mass is 9.68. The molecule has 1 aromatic carbocycles. The molecular formula is C58H99FN6O13. The molecule has 5 heterocycles. The average molecular weight is 1110 g/mol. The average Bonchev–Trinajstić information content (AvgIpc) is 4.10. The van der Waals surface area contributed by atoms with Gasteiger partial charge in [-0.05, 0) is 117 Å². The van der Waals surface area contributed by atoms with Crippen LogP contribution >= 0.6 is 0 Å². The maximum absolute atomic E-state index is 15.1. The standard InChI is InChI=1S/C58H99FN6O13/c1-17-41-44(18-2)78-61-48(41)38-20-22-39(23-21-38)50(72-15)43(29-59)65-31-40(60-62-65)24-25-63(13)42-26-33(5)74-55(49(42)66)77-53-34(6)47(45-28-57(11,73-16)52(68)37(9)75-45)35(7)54(69)76-46(19-3)58(12,71)51(67)36(8)64(14)30-32(4)27-56(53,10)70/h20-23,32-37,40-47,49-53,55,66-68,70-71H,17-19,24-31H2,1-16H3/t32-,33-,34+,35-,36-,37+,40?,41?,42+,43-,44?,45?,46-,47+,49-,50-,51-,52+,53-,55+,56-,57-,58-/m1/s1. The normalized spacial score (nSPS) is 42.4. The summed E-state index contributed by atoms with van der Waals surface area (Å²) in [7, 11) is 6.88. The van der Waals surface area contributed by atoms with Crippen LogP contribution in [0, 0.1) is 29.6 Å². The smallest absolute Gasteiger partial charge is 0.309 e. The number of cyclic esters (lactones) is 1. The third-order valence-corrected chi connectivity index (χ3v) is 18.6. The van der Waals surface area contributed by atoms with Crippen LogP contribution < -0.4 is 0 Å². The Morgan fingerprint density at radius 2 is 1.60 bits per heavy atom. The van der Waals surface area contributed by atoms with Crippen molar-refractivity contribution in [2.24, 2.45) is 45.1 Å². The molecule has 20 heteroatoms. The van der Waals surface area contributed by atoms with E-state index in [-0.39, 0.29) is 49.3 Å². The highest BCUT2D eigenvalue weighted by atomic mass is 19.1. The second-order valence-electron chi connectivity index (χ2n) is 24.6. The van der Waals surface area contributed by atoms with Crippen LogP contribution in [0.4, 0.5) is 4.39 Å². The van der Waals surface area contributed by atoms with E-state index in [9.17, 15) is 30.3 Å². The van der Waals surface area contributed by atoms with Crippen LogP contribution in [0.3, 0.4) is 0 Å². The monoisotopic (exact) mass is 1110 g/mol. The quantitative estimate of drug-likeness (QED) is 0.109. The maximum Gasteiger partial charge on any atom is 0.309 e. The van der Waals surface area contributed by atoms with Gasteiger partial charge in [0.25, 0.3) is 0 Å². The summed E-state index contributed by atoms with van der Waals surface area (Å²) in [5.41, 5.74) is -1.81. The first-order valence-electron chi connectivity index (χ1n) is 28.9. The SMILES string of the molecule is CCC1ON=C(c2ccc([C@@H](OC)[C@@H](CF)N3CC(CCN(C)[C@H]4C[C@@H](C)O[C@@H](O[C@@H]5[C@@H](C)[C@H](C6C[C@@](C)(OC)[C@@H](O)[C@H](C)O6)[C@@H](C)C(=O)O[C@H](CC)[C@@](C)(O)[C@H](O)[C@@H](C)N(C)C[C@H](C)C[C@@]5(C)O)[C@@H]4O)N=N3)cc2)C1CC. The number of nitrogens with zero attached hydrogens (tertiary/aromatic N) is 6. The lowest BCUT2D eigenvalue weighted by Crippen LogP contribution is -2.62. The van der Waals surface area contributed by atoms with Gasteiger partial charge in [0.2, 0.25) is 0 Å². The molecule has 0 spiro atoms. The maximum atomic E-state index is 15.1. The number of halogens is 1. The van der Waals surface area contributed by atoms with Crippen molar-refractivity contribution >= 4 is 11.7 Å². The van der Waals surface area contributed by atoms with Crippen LogP contribution in [0.25, 0.3) is 0 Å². The van der Waals surface area contributed by atoms with Gasteiger partial charge in [-0.2, -0.15) is 5.11 Å². The van der Waals surface area contributed by atoms with Crippen molar-refractivity contribution in [3.8, 4) is 0 Å². The second-order valence-corrected chi connectivity index (χ2v) is 24.6. The zero-order valence-electron chi connectivity index (χ0n) is 49.7. The summed E-state index contributed by atoms with van der Waals surface area (Å²) >= 11 is 0.